The van der Waals surface area contributed by atoms with E-state index in [9.17, 15) is 4.79 Å². The molecule has 11 nitrogen and oxygen atoms in total. The van der Waals surface area contributed by atoms with Crippen LogP contribution in [0.15, 0.2) is 61.1 Å². The van der Waals surface area contributed by atoms with Gasteiger partial charge in [-0.05, 0) is 43.2 Å². The Hall–Kier alpha value is -4.35. The maximum Gasteiger partial charge on any atom is 0.274 e. The highest BCUT2D eigenvalue weighted by Crippen LogP contribution is 2.22. The number of amides is 1. The maximum absolute atomic E-state index is 12.9. The van der Waals surface area contributed by atoms with Crippen molar-refractivity contribution in [2.45, 2.75) is 13.8 Å². The summed E-state index contributed by atoms with van der Waals surface area (Å²) in [6.45, 7) is 9.04. The largest absolute Gasteiger partial charge is 0.379 e. The Morgan fingerprint density at radius 3 is 2.76 bits per heavy atom. The van der Waals surface area contributed by atoms with E-state index in [2.05, 4.69) is 40.9 Å². The highest BCUT2D eigenvalue weighted by Gasteiger charge is 2.14. The summed E-state index contributed by atoms with van der Waals surface area (Å²) in [6.07, 6.45) is 3.19. The fraction of sp³-hybridized carbons (Fsp3) is 0.296. The number of morpholine rings is 1. The first kappa shape index (κ1) is 25.3. The van der Waals surface area contributed by atoms with E-state index < -0.39 is 0 Å². The summed E-state index contributed by atoms with van der Waals surface area (Å²) < 4.78 is 7.08. The second-order valence-corrected chi connectivity index (χ2v) is 9.08. The van der Waals surface area contributed by atoms with Gasteiger partial charge in [-0.25, -0.2) is 15.0 Å². The summed E-state index contributed by atoms with van der Waals surface area (Å²) >= 11 is 0. The highest BCUT2D eigenvalue weighted by atomic mass is 16.5. The van der Waals surface area contributed by atoms with E-state index in [4.69, 9.17) is 4.74 Å². The summed E-state index contributed by atoms with van der Waals surface area (Å²) in [7, 11) is 0. The van der Waals surface area contributed by atoms with Crippen molar-refractivity contribution in [2.75, 3.05) is 55.3 Å². The van der Waals surface area contributed by atoms with Crippen LogP contribution in [0.2, 0.25) is 0 Å². The van der Waals surface area contributed by atoms with Gasteiger partial charge in [-0.1, -0.05) is 18.2 Å². The van der Waals surface area contributed by atoms with Crippen molar-refractivity contribution in [3.05, 3.63) is 77.9 Å². The number of nitrogens with zero attached hydrogens (tertiary/aromatic N) is 6. The molecule has 0 spiro atoms. The molecule has 1 amide bonds. The molecule has 4 aromatic rings. The van der Waals surface area contributed by atoms with E-state index >= 15 is 0 Å². The van der Waals surface area contributed by atoms with Crippen molar-refractivity contribution in [1.29, 1.82) is 0 Å². The molecule has 1 aliphatic heterocycles. The zero-order valence-corrected chi connectivity index (χ0v) is 21.5. The first-order valence-electron chi connectivity index (χ1n) is 12.6. The number of anilines is 4. The maximum atomic E-state index is 12.9. The normalized spacial score (nSPS) is 13.7. The number of hydrogen-bond acceptors (Lipinski definition) is 9. The Morgan fingerprint density at radius 1 is 1.05 bits per heavy atom. The fourth-order valence-electron chi connectivity index (χ4n) is 4.13. The topological polar surface area (TPSA) is 122 Å². The van der Waals surface area contributed by atoms with E-state index in [1.54, 1.807) is 16.9 Å². The lowest BCUT2D eigenvalue weighted by Gasteiger charge is -2.26. The molecule has 0 radical (unpaired) electrons. The molecule has 4 heterocycles. The molecule has 0 unspecified atom stereocenters. The summed E-state index contributed by atoms with van der Waals surface area (Å²) in [5.41, 5.74) is 2.98. The molecule has 0 atom stereocenters. The number of hydrogen-bond donors (Lipinski definition) is 3. The van der Waals surface area contributed by atoms with Gasteiger partial charge in [-0.15, -0.1) is 0 Å². The number of nitrogens with one attached hydrogen (secondary N) is 3. The molecule has 38 heavy (non-hydrogen) atoms. The van der Waals surface area contributed by atoms with Gasteiger partial charge in [-0.3, -0.25) is 9.69 Å². The molecule has 1 aliphatic rings. The van der Waals surface area contributed by atoms with Crippen molar-refractivity contribution in [3.63, 3.8) is 0 Å². The number of benzene rings is 1. The molecule has 0 aliphatic carbocycles. The molecular weight excluding hydrogens is 482 g/mol. The molecule has 11 heteroatoms. The number of carbonyl (C=O) groups is 1. The van der Waals surface area contributed by atoms with Crippen LogP contribution in [0.5, 0.6) is 0 Å². The van der Waals surface area contributed by atoms with Crippen molar-refractivity contribution in [2.24, 2.45) is 0 Å². The van der Waals surface area contributed by atoms with Crippen molar-refractivity contribution in [1.82, 2.24) is 29.6 Å². The Kier molecular flexibility index (Phi) is 7.86. The van der Waals surface area contributed by atoms with Crippen LogP contribution in [0.4, 0.5) is 23.1 Å². The third kappa shape index (κ3) is 6.31. The van der Waals surface area contributed by atoms with Gasteiger partial charge in [0.25, 0.3) is 5.91 Å². The standard InChI is InChI=1S/C27H31N9O2/c1-19-4-3-5-21(16-19)32-27(37)22-7-6-20(2)26(33-22)34-24-8-9-31-36(24)25-17-23(29-18-30-25)28-10-11-35-12-14-38-15-13-35/h3-9,16-18H,10-15H2,1-2H3,(H,32,37)(H,33,34)(H,28,29,30). The summed E-state index contributed by atoms with van der Waals surface area (Å²) in [4.78, 5) is 28.5. The number of pyridine rings is 1. The van der Waals surface area contributed by atoms with Crippen molar-refractivity contribution >= 4 is 29.0 Å². The zero-order chi connectivity index (χ0) is 26.3. The molecular formula is C27H31N9O2. The van der Waals surface area contributed by atoms with E-state index in [1.165, 1.54) is 6.33 Å². The number of carbonyl (C=O) groups excluding carboxylic acids is 1. The number of aromatic nitrogens is 5. The Balaban J connectivity index is 1.27. The monoisotopic (exact) mass is 513 g/mol. The van der Waals surface area contributed by atoms with Gasteiger partial charge < -0.3 is 20.7 Å². The Labute approximate surface area is 221 Å². The molecule has 196 valence electrons. The van der Waals surface area contributed by atoms with Crippen LogP contribution in [0.3, 0.4) is 0 Å². The SMILES string of the molecule is Cc1cccc(NC(=O)c2ccc(C)c(Nc3ccnn3-c3cc(NCCN4CCOCC4)ncn3)n2)c1. The van der Waals surface area contributed by atoms with Crippen LogP contribution in [-0.2, 0) is 4.74 Å². The lowest BCUT2D eigenvalue weighted by atomic mass is 10.2. The first-order valence-corrected chi connectivity index (χ1v) is 12.6. The number of rotatable bonds is 9. The zero-order valence-electron chi connectivity index (χ0n) is 21.5. The van der Waals surface area contributed by atoms with Crippen LogP contribution in [0.25, 0.3) is 5.82 Å². The van der Waals surface area contributed by atoms with E-state index in [0.29, 0.717) is 29.0 Å². The Morgan fingerprint density at radius 2 is 1.92 bits per heavy atom. The van der Waals surface area contributed by atoms with Crippen LogP contribution in [0.1, 0.15) is 21.6 Å². The quantitative estimate of drug-likeness (QED) is 0.309. The van der Waals surface area contributed by atoms with Crippen LogP contribution in [-0.4, -0.2) is 74.9 Å². The lowest BCUT2D eigenvalue weighted by molar-refractivity contribution is 0.0398. The third-order valence-corrected chi connectivity index (χ3v) is 6.20. The van der Waals surface area contributed by atoms with Gasteiger partial charge in [0.05, 0.1) is 19.4 Å². The average Bonchev–Trinajstić information content (AvgIpc) is 3.39. The van der Waals surface area contributed by atoms with Gasteiger partial charge in [0, 0.05) is 44.0 Å². The van der Waals surface area contributed by atoms with Gasteiger partial charge in [0.15, 0.2) is 5.82 Å². The number of aryl methyl sites for hydroxylation is 2. The smallest absolute Gasteiger partial charge is 0.274 e. The molecule has 5 rings (SSSR count). The van der Waals surface area contributed by atoms with Gasteiger partial charge in [-0.2, -0.15) is 9.78 Å². The highest BCUT2D eigenvalue weighted by molar-refractivity contribution is 6.03. The predicted octanol–water partition coefficient (Wildman–Crippen LogP) is 3.41. The van der Waals surface area contributed by atoms with Gasteiger partial charge in [0.2, 0.25) is 0 Å². The van der Waals surface area contributed by atoms with Crippen LogP contribution >= 0.6 is 0 Å². The molecule has 3 aromatic heterocycles. The minimum Gasteiger partial charge on any atom is -0.379 e. The van der Waals surface area contributed by atoms with Crippen molar-refractivity contribution < 1.29 is 9.53 Å². The number of ether oxygens (including phenoxy) is 1. The first-order chi connectivity index (χ1) is 18.5. The van der Waals surface area contributed by atoms with Crippen LogP contribution < -0.4 is 16.0 Å². The van der Waals surface area contributed by atoms with Gasteiger partial charge >= 0.3 is 0 Å². The van der Waals surface area contributed by atoms with E-state index in [1.807, 2.05) is 56.3 Å². The minimum absolute atomic E-state index is 0.282. The summed E-state index contributed by atoms with van der Waals surface area (Å²) in [5, 5.41) is 14.0. The molecule has 1 aromatic carbocycles. The molecule has 3 N–H and O–H groups in total. The molecule has 0 saturated carbocycles. The fourth-order valence-corrected chi connectivity index (χ4v) is 4.13. The molecule has 1 saturated heterocycles. The van der Waals surface area contributed by atoms with E-state index in [-0.39, 0.29) is 5.91 Å². The third-order valence-electron chi connectivity index (χ3n) is 6.20. The minimum atomic E-state index is -0.282. The van der Waals surface area contributed by atoms with Gasteiger partial charge in [0.1, 0.15) is 29.5 Å². The second-order valence-electron chi connectivity index (χ2n) is 9.08. The second kappa shape index (κ2) is 11.8. The average molecular weight is 514 g/mol. The molecule has 0 bridgehead atoms. The lowest BCUT2D eigenvalue weighted by Crippen LogP contribution is -2.39. The Bertz CT molecular complexity index is 1400. The van der Waals surface area contributed by atoms with Crippen molar-refractivity contribution in [3.8, 4) is 5.82 Å². The summed E-state index contributed by atoms with van der Waals surface area (Å²) in [5.74, 6) is 2.26. The molecule has 1 fully saturated rings. The summed E-state index contributed by atoms with van der Waals surface area (Å²) in [6, 6.07) is 14.9. The van der Waals surface area contributed by atoms with E-state index in [0.717, 1.165) is 56.2 Å². The predicted molar refractivity (Wildman–Crippen MR) is 146 cm³/mol. The van der Waals surface area contributed by atoms with Crippen LogP contribution in [0, 0.1) is 13.8 Å².